The number of nitrogens with one attached hydrogen (secondary N) is 2. The number of unbranched alkanes of at least 4 members (excludes halogenated alkanes) is 2. The van der Waals surface area contributed by atoms with Crippen molar-refractivity contribution in [1.82, 2.24) is 10.7 Å². The van der Waals surface area contributed by atoms with E-state index in [-0.39, 0.29) is 12.0 Å². The number of benzene rings is 1. The van der Waals surface area contributed by atoms with Gasteiger partial charge in [0.2, 0.25) is 5.91 Å². The number of carbonyl (C=O) groups excluding carboxylic acids is 2. The molecular weight excluding hydrogens is 370 g/mol. The van der Waals surface area contributed by atoms with Gasteiger partial charge in [0.15, 0.2) is 0 Å². The van der Waals surface area contributed by atoms with Gasteiger partial charge in [-0.3, -0.25) is 4.79 Å². The summed E-state index contributed by atoms with van der Waals surface area (Å²) in [5.74, 6) is 0.717. The highest BCUT2D eigenvalue weighted by molar-refractivity contribution is 5.89. The Morgan fingerprint density at radius 3 is 2.72 bits per heavy atom. The molecule has 0 fully saturated rings. The highest BCUT2D eigenvalue weighted by Gasteiger charge is 2.17. The summed E-state index contributed by atoms with van der Waals surface area (Å²) in [6.45, 7) is 7.95. The summed E-state index contributed by atoms with van der Waals surface area (Å²) in [5, 5.41) is 6.75. The van der Waals surface area contributed by atoms with Gasteiger partial charge in [0, 0.05) is 24.1 Å². The van der Waals surface area contributed by atoms with Gasteiger partial charge in [-0.05, 0) is 52.7 Å². The molecule has 1 aliphatic heterocycles. The molecule has 0 aliphatic carbocycles. The molecule has 2 N–H and O–H groups in total. The summed E-state index contributed by atoms with van der Waals surface area (Å²) in [6.07, 6.45) is 5.84. The SMILES string of the molecule is CC1Oc2ccccc2C=C1C=NNC(=O)CCCCCNC(=O)OC(C)(C)C. The molecule has 0 saturated carbocycles. The summed E-state index contributed by atoms with van der Waals surface area (Å²) >= 11 is 0. The topological polar surface area (TPSA) is 89.0 Å². The average Bonchev–Trinajstić information content (AvgIpc) is 2.63. The molecule has 158 valence electrons. The molecule has 1 heterocycles. The number of nitrogens with zero attached hydrogens (tertiary/aromatic N) is 1. The fourth-order valence-electron chi connectivity index (χ4n) is 2.73. The number of hydrogen-bond donors (Lipinski definition) is 2. The van der Waals surface area contributed by atoms with Gasteiger partial charge < -0.3 is 14.8 Å². The maximum Gasteiger partial charge on any atom is 0.407 e. The van der Waals surface area contributed by atoms with E-state index in [0.29, 0.717) is 13.0 Å². The Balaban J connectivity index is 1.62. The largest absolute Gasteiger partial charge is 0.485 e. The first-order chi connectivity index (χ1) is 13.7. The second-order valence-electron chi connectivity index (χ2n) is 7.97. The van der Waals surface area contributed by atoms with E-state index in [2.05, 4.69) is 15.8 Å². The molecule has 7 heteroatoms. The van der Waals surface area contributed by atoms with Crippen LogP contribution in [0.25, 0.3) is 6.08 Å². The van der Waals surface area contributed by atoms with Crippen LogP contribution < -0.4 is 15.5 Å². The maximum absolute atomic E-state index is 11.9. The van der Waals surface area contributed by atoms with Gasteiger partial charge in [0.05, 0.1) is 6.21 Å². The molecule has 2 amide bonds. The third-order valence-corrected chi connectivity index (χ3v) is 4.17. The molecule has 1 unspecified atom stereocenters. The molecule has 1 atom stereocenters. The molecule has 0 bridgehead atoms. The summed E-state index contributed by atoms with van der Waals surface area (Å²) < 4.78 is 11.0. The first-order valence-corrected chi connectivity index (χ1v) is 10.0. The smallest absolute Gasteiger partial charge is 0.407 e. The van der Waals surface area contributed by atoms with Crippen LogP contribution in [0.2, 0.25) is 0 Å². The molecule has 0 saturated heterocycles. The van der Waals surface area contributed by atoms with E-state index in [1.165, 1.54) is 0 Å². The quantitative estimate of drug-likeness (QED) is 0.391. The highest BCUT2D eigenvalue weighted by atomic mass is 16.6. The van der Waals surface area contributed by atoms with Gasteiger partial charge in [-0.1, -0.05) is 24.6 Å². The predicted octanol–water partition coefficient (Wildman–Crippen LogP) is 4.04. The van der Waals surface area contributed by atoms with Crippen molar-refractivity contribution in [2.45, 2.75) is 65.1 Å². The lowest BCUT2D eigenvalue weighted by Gasteiger charge is -2.22. The Labute approximate surface area is 172 Å². The van der Waals surface area contributed by atoms with Crippen LogP contribution in [0.4, 0.5) is 4.79 Å². The lowest BCUT2D eigenvalue weighted by molar-refractivity contribution is -0.121. The molecule has 29 heavy (non-hydrogen) atoms. The van der Waals surface area contributed by atoms with Crippen molar-refractivity contribution in [3.8, 4) is 5.75 Å². The Bertz CT molecular complexity index is 766. The fourth-order valence-corrected chi connectivity index (χ4v) is 2.73. The van der Waals surface area contributed by atoms with Crippen molar-refractivity contribution in [3.05, 3.63) is 35.4 Å². The molecular formula is C22H31N3O4. The van der Waals surface area contributed by atoms with Crippen molar-refractivity contribution < 1.29 is 19.1 Å². The van der Waals surface area contributed by atoms with Crippen LogP contribution in [0, 0.1) is 0 Å². The van der Waals surface area contributed by atoms with Gasteiger partial charge in [0.1, 0.15) is 17.5 Å². The van der Waals surface area contributed by atoms with Crippen molar-refractivity contribution in [2.75, 3.05) is 6.54 Å². The van der Waals surface area contributed by atoms with Crippen LogP contribution in [0.15, 0.2) is 34.9 Å². The number of hydrazone groups is 1. The van der Waals surface area contributed by atoms with E-state index in [1.807, 2.05) is 58.0 Å². The molecule has 7 nitrogen and oxygen atoms in total. The number of alkyl carbamates (subject to hydrolysis) is 1. The molecule has 0 aromatic heterocycles. The zero-order valence-electron chi connectivity index (χ0n) is 17.7. The predicted molar refractivity (Wildman–Crippen MR) is 114 cm³/mol. The lowest BCUT2D eigenvalue weighted by Crippen LogP contribution is -2.33. The Hall–Kier alpha value is -2.83. The van der Waals surface area contributed by atoms with Gasteiger partial charge in [0.25, 0.3) is 0 Å². The minimum absolute atomic E-state index is 0.122. The monoisotopic (exact) mass is 401 g/mol. The molecule has 1 aromatic carbocycles. The number of para-hydroxylation sites is 1. The molecule has 2 rings (SSSR count). The van der Waals surface area contributed by atoms with Crippen LogP contribution >= 0.6 is 0 Å². The summed E-state index contributed by atoms with van der Waals surface area (Å²) in [6, 6.07) is 7.80. The zero-order chi connectivity index (χ0) is 21.3. The summed E-state index contributed by atoms with van der Waals surface area (Å²) in [5.41, 5.74) is 3.96. The number of amides is 2. The maximum atomic E-state index is 11.9. The van der Waals surface area contributed by atoms with E-state index >= 15 is 0 Å². The Kier molecular flexibility index (Phi) is 8.24. The molecule has 0 radical (unpaired) electrons. The van der Waals surface area contributed by atoms with Crippen molar-refractivity contribution in [2.24, 2.45) is 5.10 Å². The second-order valence-corrected chi connectivity index (χ2v) is 7.97. The van der Waals surface area contributed by atoms with Crippen molar-refractivity contribution >= 4 is 24.3 Å². The zero-order valence-corrected chi connectivity index (χ0v) is 17.7. The third-order valence-electron chi connectivity index (χ3n) is 4.17. The highest BCUT2D eigenvalue weighted by Crippen LogP contribution is 2.28. The average molecular weight is 402 g/mol. The van der Waals surface area contributed by atoms with Gasteiger partial charge in [-0.25, -0.2) is 10.2 Å². The first-order valence-electron chi connectivity index (χ1n) is 10.0. The van der Waals surface area contributed by atoms with Gasteiger partial charge in [-0.15, -0.1) is 0 Å². The van der Waals surface area contributed by atoms with E-state index in [1.54, 1.807) is 6.21 Å². The minimum Gasteiger partial charge on any atom is -0.485 e. The molecule has 1 aromatic rings. The second kappa shape index (κ2) is 10.6. The number of hydrogen-bond acceptors (Lipinski definition) is 5. The number of ether oxygens (including phenoxy) is 2. The van der Waals surface area contributed by atoms with E-state index in [0.717, 1.165) is 36.1 Å². The van der Waals surface area contributed by atoms with E-state index < -0.39 is 11.7 Å². The normalized spacial score (nSPS) is 15.9. The van der Waals surface area contributed by atoms with E-state index in [4.69, 9.17) is 9.47 Å². The minimum atomic E-state index is -0.496. The van der Waals surface area contributed by atoms with Gasteiger partial charge in [-0.2, -0.15) is 5.10 Å². The fraction of sp³-hybridized carbons (Fsp3) is 0.500. The summed E-state index contributed by atoms with van der Waals surface area (Å²) in [4.78, 5) is 23.4. The molecule has 0 spiro atoms. The Morgan fingerprint density at radius 2 is 1.97 bits per heavy atom. The van der Waals surface area contributed by atoms with Crippen LogP contribution in [-0.2, 0) is 9.53 Å². The van der Waals surface area contributed by atoms with E-state index in [9.17, 15) is 9.59 Å². The van der Waals surface area contributed by atoms with Crippen LogP contribution in [0.3, 0.4) is 0 Å². The number of carbonyl (C=O) groups is 2. The first kappa shape index (κ1) is 22.5. The van der Waals surface area contributed by atoms with Crippen LogP contribution in [-0.4, -0.2) is 36.5 Å². The van der Waals surface area contributed by atoms with Crippen LogP contribution in [0.5, 0.6) is 5.75 Å². The Morgan fingerprint density at radius 1 is 1.21 bits per heavy atom. The van der Waals surface area contributed by atoms with Crippen molar-refractivity contribution in [3.63, 3.8) is 0 Å². The van der Waals surface area contributed by atoms with Crippen LogP contribution in [0.1, 0.15) is 58.9 Å². The molecule has 1 aliphatic rings. The standard InChI is InChI=1S/C22H31N3O4/c1-16-18(14-17-10-7-8-11-19(17)28-16)15-24-25-20(26)12-6-5-9-13-23-21(27)29-22(2,3)4/h7-8,10-11,14-16H,5-6,9,12-13H2,1-4H3,(H,23,27)(H,25,26). The number of fused-ring (bicyclic) bond motifs is 1. The number of rotatable bonds is 8. The van der Waals surface area contributed by atoms with Crippen molar-refractivity contribution in [1.29, 1.82) is 0 Å². The lowest BCUT2D eigenvalue weighted by atomic mass is 10.0. The summed E-state index contributed by atoms with van der Waals surface area (Å²) in [7, 11) is 0. The third kappa shape index (κ3) is 8.37. The van der Waals surface area contributed by atoms with Gasteiger partial charge >= 0.3 is 6.09 Å².